The maximum Gasteiger partial charge on any atom is 0.119 e. The normalized spacial score (nSPS) is 14.5. The molecule has 0 aliphatic heterocycles. The number of hydrazone groups is 1. The van der Waals surface area contributed by atoms with Crippen LogP contribution >= 0.6 is 6.85 Å². The fourth-order valence-electron chi connectivity index (χ4n) is 1.53. The highest BCUT2D eigenvalue weighted by molar-refractivity contribution is 8.04. The maximum absolute atomic E-state index is 5.75. The van der Waals surface area contributed by atoms with Gasteiger partial charge in [-0.05, 0) is 48.8 Å². The molecule has 0 fully saturated rings. The van der Waals surface area contributed by atoms with Gasteiger partial charge in [-0.25, -0.2) is 0 Å². The molecule has 2 unspecified atom stereocenters. The predicted octanol–water partition coefficient (Wildman–Crippen LogP) is 4.13. The number of nitrogens with zero attached hydrogens (tertiary/aromatic N) is 2. The summed E-state index contributed by atoms with van der Waals surface area (Å²) < 4.78 is 7.67. The van der Waals surface area contributed by atoms with Crippen molar-refractivity contribution in [1.29, 1.82) is 0 Å². The molecule has 3 nitrogen and oxygen atoms in total. The lowest BCUT2D eigenvalue weighted by Crippen LogP contribution is -2.09. The zero-order valence-electron chi connectivity index (χ0n) is 13.0. The smallest absolute Gasteiger partial charge is 0.119 e. The molecule has 0 heterocycles. The van der Waals surface area contributed by atoms with E-state index in [1.54, 1.807) is 0 Å². The first-order chi connectivity index (χ1) is 9.43. The van der Waals surface area contributed by atoms with E-state index in [4.69, 9.17) is 16.5 Å². The van der Waals surface area contributed by atoms with Crippen LogP contribution in [0.5, 0.6) is 5.75 Å². The molecule has 0 saturated carbocycles. The minimum absolute atomic E-state index is 0.247. The van der Waals surface area contributed by atoms with Crippen LogP contribution in [0.4, 0.5) is 0 Å². The zero-order chi connectivity index (χ0) is 15.1. The Hall–Kier alpha value is -0.860. The Balaban J connectivity index is 2.63. The van der Waals surface area contributed by atoms with E-state index in [1.165, 1.54) is 0 Å². The molecule has 2 atom stereocenters. The monoisotopic (exact) mass is 312 g/mol. The minimum atomic E-state index is -0.987. The quantitative estimate of drug-likeness (QED) is 0.430. The molecular formula is C15H25N2OPS. The third kappa shape index (κ3) is 5.64. The van der Waals surface area contributed by atoms with Crippen LogP contribution in [0, 0.1) is 0 Å². The van der Waals surface area contributed by atoms with Crippen molar-refractivity contribution in [3.63, 3.8) is 0 Å². The van der Waals surface area contributed by atoms with Gasteiger partial charge in [-0.3, -0.25) is 4.78 Å². The van der Waals surface area contributed by atoms with Gasteiger partial charge in [0.2, 0.25) is 0 Å². The standard InChI is InChI=1S/C15H25N2OPS/c1-6-13(4)18-15-9-7-14(8-10-15)11-16-17(5)19(20)12(2)3/h7-13,19H,6H2,1-5H3. The summed E-state index contributed by atoms with van der Waals surface area (Å²) in [5.74, 6) is 0.903. The molecule has 1 rings (SSSR count). The minimum Gasteiger partial charge on any atom is -0.491 e. The zero-order valence-corrected chi connectivity index (χ0v) is 14.8. The Bertz CT molecular complexity index is 459. The van der Waals surface area contributed by atoms with E-state index in [-0.39, 0.29) is 6.10 Å². The Morgan fingerprint density at radius 1 is 1.30 bits per heavy atom. The maximum atomic E-state index is 5.75. The topological polar surface area (TPSA) is 24.8 Å². The molecular weight excluding hydrogens is 287 g/mol. The molecule has 0 aliphatic carbocycles. The molecule has 0 aliphatic rings. The van der Waals surface area contributed by atoms with Crippen molar-refractivity contribution in [3.8, 4) is 5.75 Å². The van der Waals surface area contributed by atoms with Gasteiger partial charge in [0.05, 0.1) is 12.3 Å². The molecule has 0 radical (unpaired) electrons. The van der Waals surface area contributed by atoms with Crippen molar-refractivity contribution in [2.24, 2.45) is 5.10 Å². The van der Waals surface area contributed by atoms with E-state index in [9.17, 15) is 0 Å². The van der Waals surface area contributed by atoms with Crippen molar-refractivity contribution in [3.05, 3.63) is 29.8 Å². The summed E-state index contributed by atoms with van der Waals surface area (Å²) >= 11 is 5.47. The van der Waals surface area contributed by atoms with Crippen LogP contribution in [0.2, 0.25) is 0 Å². The number of hydrogen-bond acceptors (Lipinski definition) is 3. The van der Waals surface area contributed by atoms with Gasteiger partial charge in [0.15, 0.2) is 0 Å². The lowest BCUT2D eigenvalue weighted by molar-refractivity contribution is 0.217. The Morgan fingerprint density at radius 2 is 1.90 bits per heavy atom. The van der Waals surface area contributed by atoms with Crippen molar-refractivity contribution < 1.29 is 4.74 Å². The van der Waals surface area contributed by atoms with E-state index in [2.05, 4.69) is 32.8 Å². The van der Waals surface area contributed by atoms with Gasteiger partial charge in [-0.15, -0.1) is 0 Å². The number of hydrogen-bond donors (Lipinski definition) is 0. The van der Waals surface area contributed by atoms with Gasteiger partial charge in [-0.1, -0.05) is 32.6 Å². The van der Waals surface area contributed by atoms with Crippen LogP contribution < -0.4 is 4.74 Å². The van der Waals surface area contributed by atoms with Crippen LogP contribution in [-0.2, 0) is 11.8 Å². The molecule has 20 heavy (non-hydrogen) atoms. The van der Waals surface area contributed by atoms with Gasteiger partial charge < -0.3 is 4.74 Å². The number of benzene rings is 1. The Kier molecular flexibility index (Phi) is 7.25. The van der Waals surface area contributed by atoms with E-state index in [0.29, 0.717) is 5.66 Å². The van der Waals surface area contributed by atoms with Crippen molar-refractivity contribution in [2.75, 3.05) is 7.05 Å². The predicted molar refractivity (Wildman–Crippen MR) is 93.0 cm³/mol. The lowest BCUT2D eigenvalue weighted by Gasteiger charge is -2.18. The van der Waals surface area contributed by atoms with E-state index in [0.717, 1.165) is 17.7 Å². The second kappa shape index (κ2) is 8.43. The average Bonchev–Trinajstić information content (AvgIpc) is 2.45. The van der Waals surface area contributed by atoms with Gasteiger partial charge in [0, 0.05) is 13.9 Å². The molecule has 0 spiro atoms. The Labute approximate surface area is 128 Å². The van der Waals surface area contributed by atoms with Gasteiger partial charge in [0.25, 0.3) is 0 Å². The summed E-state index contributed by atoms with van der Waals surface area (Å²) in [5.41, 5.74) is 1.56. The average molecular weight is 312 g/mol. The molecule has 1 aromatic carbocycles. The van der Waals surface area contributed by atoms with Crippen molar-refractivity contribution in [1.82, 2.24) is 4.78 Å². The summed E-state index contributed by atoms with van der Waals surface area (Å²) in [4.78, 5) is 0. The summed E-state index contributed by atoms with van der Waals surface area (Å²) in [6, 6.07) is 7.99. The molecule has 5 heteroatoms. The first kappa shape index (κ1) is 17.2. The largest absolute Gasteiger partial charge is 0.491 e. The third-order valence-electron chi connectivity index (χ3n) is 2.99. The summed E-state index contributed by atoms with van der Waals surface area (Å²) in [5, 5.41) is 4.43. The first-order valence-electron chi connectivity index (χ1n) is 7.02. The molecule has 1 aromatic rings. The molecule has 0 aromatic heterocycles. The van der Waals surface area contributed by atoms with Crippen LogP contribution in [0.15, 0.2) is 29.4 Å². The van der Waals surface area contributed by atoms with Crippen LogP contribution in [-0.4, -0.2) is 29.8 Å². The van der Waals surface area contributed by atoms with E-state index < -0.39 is 6.85 Å². The number of rotatable bonds is 7. The summed E-state index contributed by atoms with van der Waals surface area (Å²) in [6.45, 7) is 7.50. The highest BCUT2D eigenvalue weighted by Crippen LogP contribution is 2.31. The summed E-state index contributed by atoms with van der Waals surface area (Å²) in [7, 11) is 1.96. The molecule has 0 bridgehead atoms. The highest BCUT2D eigenvalue weighted by Gasteiger charge is 2.04. The molecule has 0 N–H and O–H groups in total. The number of ether oxygens (including phenoxy) is 1. The van der Waals surface area contributed by atoms with Crippen LogP contribution in [0.1, 0.15) is 39.7 Å². The van der Waals surface area contributed by atoms with E-state index >= 15 is 0 Å². The first-order valence-corrected chi connectivity index (χ1v) is 9.68. The SMILES string of the molecule is CCC(C)Oc1ccc(C=NN(C)[PH](=S)C(C)C)cc1. The van der Waals surface area contributed by atoms with Gasteiger partial charge in [-0.2, -0.15) is 5.10 Å². The van der Waals surface area contributed by atoms with Gasteiger partial charge >= 0.3 is 0 Å². The Morgan fingerprint density at radius 3 is 2.40 bits per heavy atom. The summed E-state index contributed by atoms with van der Waals surface area (Å²) in [6.07, 6.45) is 3.11. The molecule has 0 saturated heterocycles. The third-order valence-corrected chi connectivity index (χ3v) is 6.93. The highest BCUT2D eigenvalue weighted by atomic mass is 32.4. The van der Waals surface area contributed by atoms with Crippen LogP contribution in [0.3, 0.4) is 0 Å². The molecule has 0 amide bonds. The van der Waals surface area contributed by atoms with Crippen molar-refractivity contribution in [2.45, 2.75) is 45.9 Å². The van der Waals surface area contributed by atoms with Crippen molar-refractivity contribution >= 4 is 24.9 Å². The lowest BCUT2D eigenvalue weighted by atomic mass is 10.2. The molecule has 112 valence electrons. The van der Waals surface area contributed by atoms with Crippen LogP contribution in [0.25, 0.3) is 0 Å². The fraction of sp³-hybridized carbons (Fsp3) is 0.533. The van der Waals surface area contributed by atoms with E-state index in [1.807, 2.05) is 42.3 Å². The second-order valence-corrected chi connectivity index (χ2v) is 8.90. The van der Waals surface area contributed by atoms with Gasteiger partial charge in [0.1, 0.15) is 5.75 Å². The fourth-order valence-corrected chi connectivity index (χ4v) is 2.59. The second-order valence-electron chi connectivity index (χ2n) is 5.17.